The summed E-state index contributed by atoms with van der Waals surface area (Å²) < 4.78 is 5.64. The lowest BCUT2D eigenvalue weighted by Crippen LogP contribution is -2.13. The molecule has 0 saturated carbocycles. The van der Waals surface area contributed by atoms with Crippen LogP contribution in [0, 0.1) is 0 Å². The molecule has 0 N–H and O–H groups in total. The highest BCUT2D eigenvalue weighted by Crippen LogP contribution is 2.23. The standard InChI is InChI=1S/C14H12ClN5O/c1-20(2)13-17-12(15)18-14(19-13)21-10-6-5-9-4-3-7-16-11(9)8-10/h3-8H,1-2H3. The molecule has 0 unspecified atom stereocenters. The van der Waals surface area contributed by atoms with Crippen molar-refractivity contribution in [3.8, 4) is 11.8 Å². The third-order valence-corrected chi connectivity index (χ3v) is 2.93. The van der Waals surface area contributed by atoms with E-state index >= 15 is 0 Å². The molecule has 0 aliphatic heterocycles. The SMILES string of the molecule is CN(C)c1nc(Cl)nc(Oc2ccc3cccnc3c2)n1. The Morgan fingerprint density at radius 1 is 1.10 bits per heavy atom. The number of hydrogen-bond acceptors (Lipinski definition) is 6. The van der Waals surface area contributed by atoms with Crippen LogP contribution in [0.5, 0.6) is 11.8 Å². The molecule has 0 aliphatic rings. The molecule has 0 amide bonds. The van der Waals surface area contributed by atoms with E-state index in [1.165, 1.54) is 0 Å². The number of pyridine rings is 1. The van der Waals surface area contributed by atoms with E-state index in [9.17, 15) is 0 Å². The van der Waals surface area contributed by atoms with Crippen LogP contribution in [0.4, 0.5) is 5.95 Å². The molecule has 6 nitrogen and oxygen atoms in total. The Bertz CT molecular complexity index is 793. The minimum Gasteiger partial charge on any atom is -0.424 e. The topological polar surface area (TPSA) is 64.0 Å². The molecule has 21 heavy (non-hydrogen) atoms. The van der Waals surface area contributed by atoms with Gasteiger partial charge in [0.05, 0.1) is 5.52 Å². The van der Waals surface area contributed by atoms with Gasteiger partial charge in [-0.3, -0.25) is 4.98 Å². The van der Waals surface area contributed by atoms with Crippen molar-refractivity contribution in [1.29, 1.82) is 0 Å². The van der Waals surface area contributed by atoms with E-state index < -0.39 is 0 Å². The molecule has 0 fully saturated rings. The summed E-state index contributed by atoms with van der Waals surface area (Å²) in [7, 11) is 3.63. The van der Waals surface area contributed by atoms with E-state index in [0.717, 1.165) is 10.9 Å². The van der Waals surface area contributed by atoms with Gasteiger partial charge < -0.3 is 9.64 Å². The average Bonchev–Trinajstić information content (AvgIpc) is 2.46. The molecule has 0 saturated heterocycles. The largest absolute Gasteiger partial charge is 0.424 e. The quantitative estimate of drug-likeness (QED) is 0.741. The van der Waals surface area contributed by atoms with Crippen LogP contribution in [0.3, 0.4) is 0 Å². The van der Waals surface area contributed by atoms with Gasteiger partial charge in [0.1, 0.15) is 5.75 Å². The summed E-state index contributed by atoms with van der Waals surface area (Å²) >= 11 is 5.87. The first-order valence-corrected chi connectivity index (χ1v) is 6.61. The second kappa shape index (κ2) is 5.49. The second-order valence-electron chi connectivity index (χ2n) is 4.54. The van der Waals surface area contributed by atoms with Crippen LogP contribution >= 0.6 is 11.6 Å². The van der Waals surface area contributed by atoms with Gasteiger partial charge in [0.25, 0.3) is 0 Å². The first-order valence-electron chi connectivity index (χ1n) is 6.23. The highest BCUT2D eigenvalue weighted by atomic mass is 35.5. The van der Waals surface area contributed by atoms with Crippen molar-refractivity contribution in [1.82, 2.24) is 19.9 Å². The lowest BCUT2D eigenvalue weighted by atomic mass is 10.2. The summed E-state index contributed by atoms with van der Waals surface area (Å²) in [4.78, 5) is 18.2. The molecule has 0 bridgehead atoms. The number of aromatic nitrogens is 4. The highest BCUT2D eigenvalue weighted by molar-refractivity contribution is 6.28. The van der Waals surface area contributed by atoms with Crippen molar-refractivity contribution in [2.75, 3.05) is 19.0 Å². The van der Waals surface area contributed by atoms with Crippen LogP contribution in [0.2, 0.25) is 5.28 Å². The Balaban J connectivity index is 1.94. The molecule has 3 aromatic rings. The lowest BCUT2D eigenvalue weighted by Gasteiger charge is -2.11. The summed E-state index contributed by atoms with van der Waals surface area (Å²) in [6, 6.07) is 9.59. The fraction of sp³-hybridized carbons (Fsp3) is 0.143. The van der Waals surface area contributed by atoms with E-state index in [2.05, 4.69) is 19.9 Å². The summed E-state index contributed by atoms with van der Waals surface area (Å²) in [5, 5.41) is 1.12. The number of nitrogens with zero attached hydrogens (tertiary/aromatic N) is 5. The van der Waals surface area contributed by atoms with Gasteiger partial charge in [0.2, 0.25) is 11.2 Å². The Morgan fingerprint density at radius 3 is 2.76 bits per heavy atom. The number of hydrogen-bond donors (Lipinski definition) is 0. The molecule has 106 valence electrons. The first kappa shape index (κ1) is 13.5. The Kier molecular flexibility index (Phi) is 3.53. The van der Waals surface area contributed by atoms with Gasteiger partial charge >= 0.3 is 6.01 Å². The fourth-order valence-electron chi connectivity index (χ4n) is 1.78. The molecule has 2 heterocycles. The minimum atomic E-state index is 0.0858. The molecule has 1 aromatic carbocycles. The third kappa shape index (κ3) is 3.00. The Morgan fingerprint density at radius 2 is 1.95 bits per heavy atom. The zero-order chi connectivity index (χ0) is 14.8. The Labute approximate surface area is 126 Å². The molecule has 3 rings (SSSR count). The maximum Gasteiger partial charge on any atom is 0.328 e. The maximum absolute atomic E-state index is 5.87. The van der Waals surface area contributed by atoms with E-state index in [-0.39, 0.29) is 11.3 Å². The van der Waals surface area contributed by atoms with Crippen molar-refractivity contribution >= 4 is 28.5 Å². The number of anilines is 1. The normalized spacial score (nSPS) is 10.6. The van der Waals surface area contributed by atoms with Crippen LogP contribution in [0.1, 0.15) is 0 Å². The number of fused-ring (bicyclic) bond motifs is 1. The number of benzene rings is 1. The summed E-state index contributed by atoms with van der Waals surface area (Å²) in [5.74, 6) is 1.03. The van der Waals surface area contributed by atoms with Crippen molar-refractivity contribution in [2.24, 2.45) is 0 Å². The second-order valence-corrected chi connectivity index (χ2v) is 4.88. The van der Waals surface area contributed by atoms with E-state index in [1.807, 2.05) is 44.4 Å². The predicted octanol–water partition coefficient (Wildman–Crippen LogP) is 2.93. The summed E-state index contributed by atoms with van der Waals surface area (Å²) in [5.41, 5.74) is 0.836. The van der Waals surface area contributed by atoms with Crippen molar-refractivity contribution in [3.63, 3.8) is 0 Å². The van der Waals surface area contributed by atoms with Gasteiger partial charge in [-0.25, -0.2) is 0 Å². The van der Waals surface area contributed by atoms with E-state index in [0.29, 0.717) is 11.7 Å². The van der Waals surface area contributed by atoms with E-state index in [1.54, 1.807) is 11.1 Å². The predicted molar refractivity (Wildman–Crippen MR) is 81.0 cm³/mol. The number of halogens is 1. The lowest BCUT2D eigenvalue weighted by molar-refractivity contribution is 0.440. The molecule has 2 aromatic heterocycles. The minimum absolute atomic E-state index is 0.0858. The summed E-state index contributed by atoms with van der Waals surface area (Å²) in [6.45, 7) is 0. The molecule has 0 radical (unpaired) electrons. The van der Waals surface area contributed by atoms with Crippen molar-refractivity contribution in [2.45, 2.75) is 0 Å². The monoisotopic (exact) mass is 301 g/mol. The van der Waals surface area contributed by atoms with Gasteiger partial charge in [-0.2, -0.15) is 15.0 Å². The maximum atomic E-state index is 5.87. The Hall–Kier alpha value is -2.47. The summed E-state index contributed by atoms with van der Waals surface area (Å²) in [6.07, 6.45) is 1.73. The van der Waals surface area contributed by atoms with Crippen LogP contribution in [0.25, 0.3) is 10.9 Å². The highest BCUT2D eigenvalue weighted by Gasteiger charge is 2.09. The average molecular weight is 302 g/mol. The number of rotatable bonds is 3. The zero-order valence-corrected chi connectivity index (χ0v) is 12.2. The van der Waals surface area contributed by atoms with E-state index in [4.69, 9.17) is 16.3 Å². The fourth-order valence-corrected chi connectivity index (χ4v) is 1.93. The molecular formula is C14H12ClN5O. The first-order chi connectivity index (χ1) is 10.1. The molecule has 0 aliphatic carbocycles. The smallest absolute Gasteiger partial charge is 0.328 e. The van der Waals surface area contributed by atoms with Crippen molar-refractivity contribution < 1.29 is 4.74 Å². The van der Waals surface area contributed by atoms with Crippen LogP contribution in [0.15, 0.2) is 36.5 Å². The van der Waals surface area contributed by atoms with Gasteiger partial charge in [-0.15, -0.1) is 0 Å². The third-order valence-electron chi connectivity index (χ3n) is 2.76. The van der Waals surface area contributed by atoms with Gasteiger partial charge in [0.15, 0.2) is 0 Å². The van der Waals surface area contributed by atoms with Gasteiger partial charge in [-0.05, 0) is 29.8 Å². The van der Waals surface area contributed by atoms with Crippen LogP contribution in [-0.4, -0.2) is 34.0 Å². The van der Waals surface area contributed by atoms with Gasteiger partial charge in [-0.1, -0.05) is 6.07 Å². The van der Waals surface area contributed by atoms with Crippen LogP contribution < -0.4 is 9.64 Å². The van der Waals surface area contributed by atoms with Crippen molar-refractivity contribution in [3.05, 3.63) is 41.8 Å². The molecule has 0 spiro atoms. The van der Waals surface area contributed by atoms with Gasteiger partial charge in [0, 0.05) is 31.7 Å². The van der Waals surface area contributed by atoms with Crippen LogP contribution in [-0.2, 0) is 0 Å². The zero-order valence-electron chi connectivity index (χ0n) is 11.5. The molecule has 0 atom stereocenters. The molecular weight excluding hydrogens is 290 g/mol. The number of ether oxygens (including phenoxy) is 1. The molecule has 7 heteroatoms.